The molecule has 1 saturated carbocycles. The van der Waals surface area contributed by atoms with Crippen LogP contribution in [0.2, 0.25) is 0 Å². The molecule has 1 atom stereocenters. The zero-order chi connectivity index (χ0) is 18.3. The molecule has 1 aromatic carbocycles. The summed E-state index contributed by atoms with van der Waals surface area (Å²) < 4.78 is 0.966. The number of aliphatic hydroxyl groups is 1. The van der Waals surface area contributed by atoms with Crippen LogP contribution >= 0.6 is 27.3 Å². The zero-order valence-electron chi connectivity index (χ0n) is 14.1. The first-order chi connectivity index (χ1) is 12.5. The summed E-state index contributed by atoms with van der Waals surface area (Å²) in [7, 11) is 0. The van der Waals surface area contributed by atoms with Crippen molar-refractivity contribution < 1.29 is 14.7 Å². The van der Waals surface area contributed by atoms with Crippen LogP contribution in [0.25, 0.3) is 0 Å². The second kappa shape index (κ2) is 6.79. The van der Waals surface area contributed by atoms with Crippen LogP contribution in [0.1, 0.15) is 28.1 Å². The lowest BCUT2D eigenvalue weighted by Gasteiger charge is -2.16. The quantitative estimate of drug-likeness (QED) is 0.775. The average molecular weight is 435 g/mol. The Morgan fingerprint density at radius 3 is 2.65 bits per heavy atom. The highest BCUT2D eigenvalue weighted by molar-refractivity contribution is 9.10. The van der Waals surface area contributed by atoms with Crippen LogP contribution in [0.15, 0.2) is 40.2 Å². The van der Waals surface area contributed by atoms with Gasteiger partial charge < -0.3 is 15.3 Å². The van der Waals surface area contributed by atoms with Crippen LogP contribution in [-0.2, 0) is 11.2 Å². The van der Waals surface area contributed by atoms with Gasteiger partial charge in [0.15, 0.2) is 0 Å². The van der Waals surface area contributed by atoms with E-state index >= 15 is 0 Å². The smallest absolute Gasteiger partial charge is 0.266 e. The summed E-state index contributed by atoms with van der Waals surface area (Å²) in [6.07, 6.45) is 1.79. The molecule has 1 aliphatic carbocycles. The average Bonchev–Trinajstić information content (AvgIpc) is 3.13. The van der Waals surface area contributed by atoms with Crippen molar-refractivity contribution in [3.8, 4) is 0 Å². The Bertz CT molecular complexity index is 845. The maximum Gasteiger partial charge on any atom is 0.266 e. The normalized spacial score (nSPS) is 20.4. The number of nitrogens with zero attached hydrogens (tertiary/aromatic N) is 1. The van der Waals surface area contributed by atoms with Gasteiger partial charge in [0.25, 0.3) is 5.91 Å². The minimum absolute atomic E-state index is 0.0715. The van der Waals surface area contributed by atoms with Gasteiger partial charge in [0.05, 0.1) is 18.2 Å². The van der Waals surface area contributed by atoms with E-state index in [1.807, 2.05) is 29.6 Å². The molecule has 5 nitrogen and oxygen atoms in total. The van der Waals surface area contributed by atoms with Gasteiger partial charge in [-0.15, -0.1) is 11.3 Å². The van der Waals surface area contributed by atoms with Crippen LogP contribution < -0.4 is 5.32 Å². The Hall–Kier alpha value is -1.70. The number of thiophene rings is 1. The first-order valence-electron chi connectivity index (χ1n) is 8.56. The Morgan fingerprint density at radius 1 is 1.27 bits per heavy atom. The fourth-order valence-corrected chi connectivity index (χ4v) is 4.54. The van der Waals surface area contributed by atoms with Crippen LogP contribution in [0, 0.1) is 5.41 Å². The van der Waals surface area contributed by atoms with E-state index in [-0.39, 0.29) is 23.7 Å². The van der Waals surface area contributed by atoms with E-state index in [1.165, 1.54) is 11.3 Å². The van der Waals surface area contributed by atoms with Crippen molar-refractivity contribution in [1.29, 1.82) is 0 Å². The van der Waals surface area contributed by atoms with Crippen LogP contribution in [0.3, 0.4) is 0 Å². The maximum atomic E-state index is 12.8. The number of benzene rings is 1. The predicted octanol–water partition coefficient (Wildman–Crippen LogP) is 3.29. The largest absolute Gasteiger partial charge is 0.391 e. The van der Waals surface area contributed by atoms with Gasteiger partial charge in [-0.3, -0.25) is 9.59 Å². The summed E-state index contributed by atoms with van der Waals surface area (Å²) >= 11 is 4.70. The summed E-state index contributed by atoms with van der Waals surface area (Å²) in [6.45, 7) is 0.986. The maximum absolute atomic E-state index is 12.8. The van der Waals surface area contributed by atoms with Gasteiger partial charge in [-0.25, -0.2) is 0 Å². The molecule has 2 N–H and O–H groups in total. The van der Waals surface area contributed by atoms with E-state index < -0.39 is 6.10 Å². The third-order valence-electron chi connectivity index (χ3n) is 5.20. The van der Waals surface area contributed by atoms with Gasteiger partial charge in [-0.05, 0) is 42.0 Å². The summed E-state index contributed by atoms with van der Waals surface area (Å²) in [6, 6.07) is 9.34. The molecule has 1 unspecified atom stereocenters. The molecule has 2 fully saturated rings. The molecule has 7 heteroatoms. The minimum Gasteiger partial charge on any atom is -0.391 e. The highest BCUT2D eigenvalue weighted by Gasteiger charge is 2.55. The number of anilines is 1. The third kappa shape index (κ3) is 3.43. The van der Waals surface area contributed by atoms with Crippen molar-refractivity contribution in [2.24, 2.45) is 5.41 Å². The summed E-state index contributed by atoms with van der Waals surface area (Å²) in [5.41, 5.74) is 1.39. The van der Waals surface area contributed by atoms with E-state index in [9.17, 15) is 14.7 Å². The van der Waals surface area contributed by atoms with E-state index in [0.29, 0.717) is 23.7 Å². The lowest BCUT2D eigenvalue weighted by molar-refractivity contribution is -0.115. The molecule has 1 saturated heterocycles. The highest BCUT2D eigenvalue weighted by atomic mass is 79.9. The van der Waals surface area contributed by atoms with Crippen LogP contribution in [0.4, 0.5) is 5.69 Å². The molecule has 1 aliphatic heterocycles. The molecular weight excluding hydrogens is 416 g/mol. The number of halogens is 1. The Labute approximate surface area is 164 Å². The summed E-state index contributed by atoms with van der Waals surface area (Å²) in [4.78, 5) is 27.4. The molecule has 1 spiro atoms. The van der Waals surface area contributed by atoms with E-state index in [2.05, 4.69) is 21.2 Å². The Morgan fingerprint density at radius 2 is 2.00 bits per heavy atom. The molecule has 136 valence electrons. The SMILES string of the molecule is O=C(Cc1ccc(Br)cc1)Nc1ccsc1C(=O)N1CC(O)C2(CC2)C1. The molecule has 0 bridgehead atoms. The fraction of sp³-hybridized carbons (Fsp3) is 0.368. The number of rotatable bonds is 4. The number of hydrogen-bond donors (Lipinski definition) is 2. The van der Waals surface area contributed by atoms with Crippen LogP contribution in [-0.4, -0.2) is 41.0 Å². The van der Waals surface area contributed by atoms with Gasteiger partial charge in [0, 0.05) is 23.0 Å². The number of hydrogen-bond acceptors (Lipinski definition) is 4. The van der Waals surface area contributed by atoms with E-state index in [4.69, 9.17) is 0 Å². The van der Waals surface area contributed by atoms with Gasteiger partial charge in [0.1, 0.15) is 4.88 Å². The number of likely N-dealkylation sites (tertiary alicyclic amines) is 1. The molecule has 2 aliphatic rings. The fourth-order valence-electron chi connectivity index (χ4n) is 3.46. The number of carbonyl (C=O) groups excluding carboxylic acids is 2. The van der Waals surface area contributed by atoms with E-state index in [0.717, 1.165) is 22.9 Å². The van der Waals surface area contributed by atoms with Crippen molar-refractivity contribution in [2.75, 3.05) is 18.4 Å². The molecule has 4 rings (SSSR count). The standard InChI is InChI=1S/C19H19BrN2O3S/c20-13-3-1-12(2-4-13)9-16(24)21-14-5-8-26-17(14)18(25)22-10-15(23)19(11-22)6-7-19/h1-5,8,15,23H,6-7,9-11H2,(H,21,24). The van der Waals surface area contributed by atoms with E-state index in [1.54, 1.807) is 11.0 Å². The second-order valence-corrected chi connectivity index (χ2v) is 8.91. The van der Waals surface area contributed by atoms with Gasteiger partial charge in [-0.2, -0.15) is 0 Å². The third-order valence-corrected chi connectivity index (χ3v) is 6.63. The van der Waals surface area contributed by atoms with Gasteiger partial charge in [0.2, 0.25) is 5.91 Å². The molecule has 2 amide bonds. The second-order valence-electron chi connectivity index (χ2n) is 7.08. The Balaban J connectivity index is 1.42. The first-order valence-corrected chi connectivity index (χ1v) is 10.2. The number of aliphatic hydroxyl groups excluding tert-OH is 1. The van der Waals surface area contributed by atoms with Crippen LogP contribution in [0.5, 0.6) is 0 Å². The highest BCUT2D eigenvalue weighted by Crippen LogP contribution is 2.53. The van der Waals surface area contributed by atoms with Crippen molar-refractivity contribution in [1.82, 2.24) is 4.90 Å². The Kier molecular flexibility index (Phi) is 4.62. The monoisotopic (exact) mass is 434 g/mol. The molecule has 2 aromatic rings. The first kappa shape index (κ1) is 17.7. The van der Waals surface area contributed by atoms with Crippen molar-refractivity contribution in [2.45, 2.75) is 25.4 Å². The van der Waals surface area contributed by atoms with Gasteiger partial charge >= 0.3 is 0 Å². The number of carbonyl (C=O) groups is 2. The van der Waals surface area contributed by atoms with Crippen molar-refractivity contribution in [3.05, 3.63) is 50.6 Å². The summed E-state index contributed by atoms with van der Waals surface area (Å²) in [5, 5.41) is 14.8. The summed E-state index contributed by atoms with van der Waals surface area (Å²) in [5.74, 6) is -0.262. The molecule has 26 heavy (non-hydrogen) atoms. The number of nitrogens with one attached hydrogen (secondary N) is 1. The molecule has 0 radical (unpaired) electrons. The molecule has 1 aromatic heterocycles. The van der Waals surface area contributed by atoms with Gasteiger partial charge in [-0.1, -0.05) is 28.1 Å². The van der Waals surface area contributed by atoms with Crippen molar-refractivity contribution in [3.63, 3.8) is 0 Å². The predicted molar refractivity (Wildman–Crippen MR) is 104 cm³/mol. The van der Waals surface area contributed by atoms with Crippen molar-refractivity contribution >= 4 is 44.8 Å². The lowest BCUT2D eigenvalue weighted by atomic mass is 10.0. The molecule has 2 heterocycles. The lowest BCUT2D eigenvalue weighted by Crippen LogP contribution is -2.30. The number of β-amino-alcohol motifs (C(OH)–C–C–N with tert-alkyl or cyclic N) is 1. The zero-order valence-corrected chi connectivity index (χ0v) is 16.5. The minimum atomic E-state index is -0.429. The number of amides is 2. The molecular formula is C19H19BrN2O3S. The topological polar surface area (TPSA) is 69.6 Å².